The molecule has 20 heavy (non-hydrogen) atoms. The van der Waals surface area contributed by atoms with Gasteiger partial charge < -0.3 is 0 Å². The lowest BCUT2D eigenvalue weighted by Gasteiger charge is -2.28. The molecule has 0 saturated carbocycles. The van der Waals surface area contributed by atoms with Gasteiger partial charge in [0.05, 0.1) is 0 Å². The van der Waals surface area contributed by atoms with Crippen molar-refractivity contribution in [3.05, 3.63) is 89.5 Å². The highest BCUT2D eigenvalue weighted by Crippen LogP contribution is 2.35. The van der Waals surface area contributed by atoms with Crippen LogP contribution in [0.1, 0.15) is 30.0 Å². The molecule has 0 heteroatoms. The minimum absolute atomic E-state index is 0.120. The number of aryl methyl sites for hydroxylation is 1. The van der Waals surface area contributed by atoms with Gasteiger partial charge in [0, 0.05) is 5.41 Å². The molecule has 100 valence electrons. The number of hydrogen-bond donors (Lipinski definition) is 0. The van der Waals surface area contributed by atoms with E-state index in [1.807, 2.05) is 0 Å². The summed E-state index contributed by atoms with van der Waals surface area (Å²) in [5.74, 6) is 0. The molecule has 0 amide bonds. The normalized spacial score (nSPS) is 21.6. The van der Waals surface area contributed by atoms with Gasteiger partial charge in [0.2, 0.25) is 0 Å². The molecule has 1 aliphatic rings. The van der Waals surface area contributed by atoms with Gasteiger partial charge in [0.15, 0.2) is 0 Å². The minimum atomic E-state index is 0.120. The van der Waals surface area contributed by atoms with Crippen LogP contribution >= 0.6 is 0 Å². The molecule has 1 unspecified atom stereocenters. The van der Waals surface area contributed by atoms with E-state index in [9.17, 15) is 0 Å². The van der Waals surface area contributed by atoms with Crippen molar-refractivity contribution in [1.82, 2.24) is 0 Å². The number of rotatable bonds is 2. The number of hydrogen-bond acceptors (Lipinski definition) is 0. The van der Waals surface area contributed by atoms with Gasteiger partial charge in [-0.1, -0.05) is 85.3 Å². The molecule has 0 heterocycles. The molecule has 0 aromatic heterocycles. The predicted molar refractivity (Wildman–Crippen MR) is 86.7 cm³/mol. The SMILES string of the molecule is Cc1ccc(C2=CCC(C)(c3ccccc3)C=C2)cc1. The van der Waals surface area contributed by atoms with Crippen LogP contribution in [0, 0.1) is 6.92 Å². The third-order valence-corrected chi connectivity index (χ3v) is 4.19. The molecule has 1 atom stereocenters. The molecule has 0 spiro atoms. The van der Waals surface area contributed by atoms with E-state index in [4.69, 9.17) is 0 Å². The average Bonchev–Trinajstić information content (AvgIpc) is 2.50. The molecule has 0 bridgehead atoms. The summed E-state index contributed by atoms with van der Waals surface area (Å²) in [7, 11) is 0. The van der Waals surface area contributed by atoms with Gasteiger partial charge in [-0.15, -0.1) is 0 Å². The van der Waals surface area contributed by atoms with Gasteiger partial charge in [-0.2, -0.15) is 0 Å². The average molecular weight is 260 g/mol. The second-order valence-electron chi connectivity index (χ2n) is 5.85. The third-order valence-electron chi connectivity index (χ3n) is 4.19. The number of allylic oxidation sites excluding steroid dienone is 4. The maximum absolute atomic E-state index is 2.36. The molecule has 3 rings (SSSR count). The van der Waals surface area contributed by atoms with Gasteiger partial charge in [-0.3, -0.25) is 0 Å². The van der Waals surface area contributed by atoms with Gasteiger partial charge in [0.1, 0.15) is 0 Å². The monoisotopic (exact) mass is 260 g/mol. The summed E-state index contributed by atoms with van der Waals surface area (Å²) < 4.78 is 0. The van der Waals surface area contributed by atoms with Crippen molar-refractivity contribution in [3.63, 3.8) is 0 Å². The lowest BCUT2D eigenvalue weighted by atomic mass is 9.75. The van der Waals surface area contributed by atoms with Crippen LogP contribution in [0.5, 0.6) is 0 Å². The fourth-order valence-electron chi connectivity index (χ4n) is 2.72. The van der Waals surface area contributed by atoms with Crippen molar-refractivity contribution in [2.45, 2.75) is 25.7 Å². The van der Waals surface area contributed by atoms with Crippen LogP contribution in [0.4, 0.5) is 0 Å². The first kappa shape index (κ1) is 12.9. The Morgan fingerprint density at radius 1 is 0.900 bits per heavy atom. The molecule has 0 aliphatic heterocycles. The number of benzene rings is 2. The van der Waals surface area contributed by atoms with Gasteiger partial charge in [-0.25, -0.2) is 0 Å². The van der Waals surface area contributed by atoms with Crippen LogP contribution in [0.2, 0.25) is 0 Å². The first-order valence-electron chi connectivity index (χ1n) is 7.19. The molecule has 2 aromatic rings. The molecular weight excluding hydrogens is 240 g/mol. The highest BCUT2D eigenvalue weighted by molar-refractivity contribution is 5.75. The van der Waals surface area contributed by atoms with Crippen molar-refractivity contribution >= 4 is 5.57 Å². The zero-order chi connectivity index (χ0) is 14.0. The molecular formula is C20H20. The van der Waals surface area contributed by atoms with Crippen LogP contribution < -0.4 is 0 Å². The van der Waals surface area contributed by atoms with E-state index >= 15 is 0 Å². The van der Waals surface area contributed by atoms with Crippen molar-refractivity contribution < 1.29 is 0 Å². The van der Waals surface area contributed by atoms with E-state index in [-0.39, 0.29) is 5.41 Å². The first-order chi connectivity index (χ1) is 9.67. The summed E-state index contributed by atoms with van der Waals surface area (Å²) in [6.45, 7) is 4.43. The quantitative estimate of drug-likeness (QED) is 0.687. The minimum Gasteiger partial charge on any atom is -0.0755 e. The van der Waals surface area contributed by atoms with E-state index in [1.165, 1.54) is 22.3 Å². The Balaban J connectivity index is 1.85. The Bertz CT molecular complexity index is 644. The van der Waals surface area contributed by atoms with Crippen molar-refractivity contribution in [3.8, 4) is 0 Å². The van der Waals surface area contributed by atoms with E-state index in [1.54, 1.807) is 0 Å². The fourth-order valence-corrected chi connectivity index (χ4v) is 2.72. The highest BCUT2D eigenvalue weighted by Gasteiger charge is 2.24. The molecule has 0 radical (unpaired) electrons. The predicted octanol–water partition coefficient (Wildman–Crippen LogP) is 5.30. The van der Waals surface area contributed by atoms with E-state index in [0.717, 1.165) is 6.42 Å². The summed E-state index contributed by atoms with van der Waals surface area (Å²) in [5.41, 5.74) is 5.45. The second kappa shape index (κ2) is 5.13. The van der Waals surface area contributed by atoms with Crippen LogP contribution in [0.3, 0.4) is 0 Å². The van der Waals surface area contributed by atoms with E-state index in [0.29, 0.717) is 0 Å². The maximum Gasteiger partial charge on any atom is 0.0142 e. The summed E-state index contributed by atoms with van der Waals surface area (Å²) >= 11 is 0. The van der Waals surface area contributed by atoms with Gasteiger partial charge in [0.25, 0.3) is 0 Å². The molecule has 0 fully saturated rings. The maximum atomic E-state index is 2.36. The highest BCUT2D eigenvalue weighted by atomic mass is 14.3. The lowest BCUT2D eigenvalue weighted by Crippen LogP contribution is -2.19. The Morgan fingerprint density at radius 3 is 2.20 bits per heavy atom. The Labute approximate surface area is 121 Å². The summed E-state index contributed by atoms with van der Waals surface area (Å²) in [6.07, 6.45) is 8.02. The Morgan fingerprint density at radius 2 is 1.60 bits per heavy atom. The van der Waals surface area contributed by atoms with Crippen LogP contribution in [-0.4, -0.2) is 0 Å². The first-order valence-corrected chi connectivity index (χ1v) is 7.19. The van der Waals surface area contributed by atoms with Crippen LogP contribution in [-0.2, 0) is 5.41 Å². The van der Waals surface area contributed by atoms with E-state index in [2.05, 4.69) is 86.7 Å². The Kier molecular flexibility index (Phi) is 3.31. The fraction of sp³-hybridized carbons (Fsp3) is 0.200. The third kappa shape index (κ3) is 2.46. The molecule has 0 saturated heterocycles. The zero-order valence-electron chi connectivity index (χ0n) is 12.1. The standard InChI is InChI=1S/C20H20/c1-16-8-10-17(11-9-16)18-12-14-20(2,15-13-18)19-6-4-3-5-7-19/h3-14H,15H2,1-2H3. The smallest absolute Gasteiger partial charge is 0.0142 e. The zero-order valence-corrected chi connectivity index (χ0v) is 12.1. The van der Waals surface area contributed by atoms with Crippen molar-refractivity contribution in [2.75, 3.05) is 0 Å². The molecule has 0 nitrogen and oxygen atoms in total. The van der Waals surface area contributed by atoms with Gasteiger partial charge >= 0.3 is 0 Å². The summed E-state index contributed by atoms with van der Waals surface area (Å²) in [6, 6.07) is 19.5. The molecule has 1 aliphatic carbocycles. The van der Waals surface area contributed by atoms with Crippen molar-refractivity contribution in [1.29, 1.82) is 0 Å². The second-order valence-corrected chi connectivity index (χ2v) is 5.85. The summed E-state index contributed by atoms with van der Waals surface area (Å²) in [4.78, 5) is 0. The molecule has 2 aromatic carbocycles. The summed E-state index contributed by atoms with van der Waals surface area (Å²) in [5, 5.41) is 0. The lowest BCUT2D eigenvalue weighted by molar-refractivity contribution is 0.601. The topological polar surface area (TPSA) is 0 Å². The van der Waals surface area contributed by atoms with Gasteiger partial charge in [-0.05, 0) is 30.0 Å². The largest absolute Gasteiger partial charge is 0.0755 e. The molecule has 0 N–H and O–H groups in total. The Hall–Kier alpha value is -2.08. The van der Waals surface area contributed by atoms with E-state index < -0.39 is 0 Å². The van der Waals surface area contributed by atoms with Crippen LogP contribution in [0.15, 0.2) is 72.8 Å². The van der Waals surface area contributed by atoms with Crippen LogP contribution in [0.25, 0.3) is 5.57 Å². The van der Waals surface area contributed by atoms with Crippen molar-refractivity contribution in [2.24, 2.45) is 0 Å².